The van der Waals surface area contributed by atoms with E-state index in [1.807, 2.05) is 0 Å². The minimum atomic E-state index is -0.615. The Bertz CT molecular complexity index is 760. The number of rotatable bonds is 14. The van der Waals surface area contributed by atoms with Crippen LogP contribution in [0.3, 0.4) is 0 Å². The molecule has 0 unspecified atom stereocenters. The molecule has 0 spiro atoms. The molecule has 1 aromatic rings. The number of benzene rings is 1. The molecule has 33 heavy (non-hydrogen) atoms. The molecule has 1 aromatic carbocycles. The first kappa shape index (κ1) is 39.9. The van der Waals surface area contributed by atoms with Crippen molar-refractivity contribution in [1.82, 2.24) is 0 Å². The number of nitrogens with zero attached hydrogens (tertiary/aromatic N) is 3. The van der Waals surface area contributed by atoms with Crippen LogP contribution in [-0.2, 0) is 35.1 Å². The number of amides is 3. The normalized spacial score (nSPS) is 9.27. The van der Waals surface area contributed by atoms with Crippen molar-refractivity contribution in [3.05, 3.63) is 45.8 Å². The molecule has 0 N–H and O–H groups in total. The number of hydrogen-bond donors (Lipinski definition) is 0. The van der Waals surface area contributed by atoms with Crippen LogP contribution in [0.25, 0.3) is 16.0 Å². The number of ketones is 2. The molecule has 0 heterocycles. The summed E-state index contributed by atoms with van der Waals surface area (Å²) < 4.78 is 5.26. The molecule has 9 nitrogen and oxygen atoms in total. The fraction of sp³-hybridized carbons (Fsp3) is 0.476. The van der Waals surface area contributed by atoms with Crippen molar-refractivity contribution in [2.45, 2.75) is 39.5 Å². The van der Waals surface area contributed by atoms with E-state index in [1.165, 1.54) is 13.8 Å². The molecule has 0 atom stereocenters. The fourth-order valence-electron chi connectivity index (χ4n) is 2.37. The first-order valence-corrected chi connectivity index (χ1v) is 9.57. The number of hydrogen-bond acceptors (Lipinski definition) is 6. The maximum absolute atomic E-state index is 11.9. The molecular weight excluding hydrogens is 647 g/mol. The summed E-state index contributed by atoms with van der Waals surface area (Å²) in [6.07, 6.45) is 0.209. The van der Waals surface area contributed by atoms with Gasteiger partial charge in [-0.3, -0.25) is 9.59 Å². The third kappa shape index (κ3) is 23.2. The Hall–Kier alpha value is 2.35. The standard InChI is InChI=1S/C21H29N3O6.3Rb/c1-15(25)12-19(27)13-17-4-6-18(7-5-17)24-21(29)14-20(28)23-9-11-30-10-3-8-22-16(2)26;;;/h4-7H,3,8-14H2,1-2H3,(H3,22,23,24,26,28,29);;;/q;3*+1/p-3. The van der Waals surface area contributed by atoms with E-state index >= 15 is 0 Å². The number of carbonyl (C=O) groups excluding carboxylic acids is 5. The topological polar surface area (TPSA) is 137 Å². The Morgan fingerprint density at radius 3 is 2.00 bits per heavy atom. The Labute approximate surface area is 341 Å². The molecule has 0 aromatic heterocycles. The summed E-state index contributed by atoms with van der Waals surface area (Å²) >= 11 is 0. The molecular formula is C21H26N3O6Rb3. The second kappa shape index (κ2) is 24.7. The summed E-state index contributed by atoms with van der Waals surface area (Å²) in [6.45, 7) is 3.93. The van der Waals surface area contributed by atoms with Gasteiger partial charge in [-0.2, -0.15) is 0 Å². The van der Waals surface area contributed by atoms with Crippen LogP contribution in [0.1, 0.15) is 38.7 Å². The van der Waals surface area contributed by atoms with E-state index < -0.39 is 18.2 Å². The second-order valence-corrected chi connectivity index (χ2v) is 6.59. The molecule has 0 aliphatic rings. The third-order valence-electron chi connectivity index (χ3n) is 3.65. The van der Waals surface area contributed by atoms with Gasteiger partial charge in [-0.1, -0.05) is 24.3 Å². The van der Waals surface area contributed by atoms with Gasteiger partial charge in [-0.25, -0.2) is 0 Å². The molecule has 0 saturated carbocycles. The quantitative estimate of drug-likeness (QED) is 0.143. The van der Waals surface area contributed by atoms with Gasteiger partial charge in [0.2, 0.25) is 0 Å². The molecule has 0 aliphatic carbocycles. The Balaban J connectivity index is -0.00000300. The number of Topliss-reactive ketones (excluding diaryl/α,β-unsaturated/α-hetero) is 2. The van der Waals surface area contributed by atoms with Crippen molar-refractivity contribution in [2.75, 3.05) is 26.3 Å². The summed E-state index contributed by atoms with van der Waals surface area (Å²) in [5.74, 6) is -1.77. The van der Waals surface area contributed by atoms with Crippen LogP contribution in [0.5, 0.6) is 0 Å². The van der Waals surface area contributed by atoms with Crippen LogP contribution in [-0.4, -0.2) is 55.6 Å². The summed E-state index contributed by atoms with van der Waals surface area (Å²) in [4.78, 5) is 56.8. The van der Waals surface area contributed by atoms with Crippen LogP contribution in [0.15, 0.2) is 24.3 Å². The van der Waals surface area contributed by atoms with Crippen molar-refractivity contribution >= 4 is 35.0 Å². The van der Waals surface area contributed by atoms with Gasteiger partial charge in [0.1, 0.15) is 11.6 Å². The predicted molar refractivity (Wildman–Crippen MR) is 111 cm³/mol. The second-order valence-electron chi connectivity index (χ2n) is 6.59. The maximum atomic E-state index is 11.9. The molecule has 0 saturated heterocycles. The van der Waals surface area contributed by atoms with Gasteiger partial charge in [0.05, 0.1) is 18.2 Å². The van der Waals surface area contributed by atoms with E-state index in [2.05, 4.69) is 16.0 Å². The van der Waals surface area contributed by atoms with Crippen molar-refractivity contribution in [2.24, 2.45) is 0 Å². The van der Waals surface area contributed by atoms with Crippen molar-refractivity contribution < 1.29 is 203 Å². The van der Waals surface area contributed by atoms with Crippen molar-refractivity contribution in [3.63, 3.8) is 0 Å². The summed E-state index contributed by atoms with van der Waals surface area (Å²) in [5.41, 5.74) is 1.09. The van der Waals surface area contributed by atoms with Gasteiger partial charge in [0.15, 0.2) is 0 Å². The summed E-state index contributed by atoms with van der Waals surface area (Å²) in [7, 11) is 0. The van der Waals surface area contributed by atoms with Crippen LogP contribution >= 0.6 is 0 Å². The molecule has 164 valence electrons. The molecule has 0 bridgehead atoms. The molecule has 3 amide bonds. The van der Waals surface area contributed by atoms with E-state index in [0.29, 0.717) is 30.8 Å². The summed E-state index contributed by atoms with van der Waals surface area (Å²) in [5, 5.41) is 11.3. The Kier molecular flexibility index (Phi) is 29.8. The zero-order valence-corrected chi connectivity index (χ0v) is 35.0. The van der Waals surface area contributed by atoms with E-state index in [1.54, 1.807) is 24.3 Å². The van der Waals surface area contributed by atoms with Gasteiger partial charge < -0.3 is 35.1 Å². The van der Waals surface area contributed by atoms with Crippen molar-refractivity contribution in [3.8, 4) is 0 Å². The smallest absolute Gasteiger partial charge is 0.654 e. The Morgan fingerprint density at radius 1 is 0.788 bits per heavy atom. The number of ether oxygens (including phenoxy) is 1. The summed E-state index contributed by atoms with van der Waals surface area (Å²) in [6, 6.07) is 6.44. The molecule has 1 rings (SSSR count). The molecule has 0 radical (unpaired) electrons. The zero-order chi connectivity index (χ0) is 22.4. The van der Waals surface area contributed by atoms with Crippen LogP contribution < -0.4 is 175 Å². The molecule has 0 fully saturated rings. The molecule has 0 aliphatic heterocycles. The zero-order valence-electron chi connectivity index (χ0n) is 20.3. The van der Waals surface area contributed by atoms with E-state index in [4.69, 9.17) is 4.74 Å². The van der Waals surface area contributed by atoms with Crippen molar-refractivity contribution in [1.29, 1.82) is 0 Å². The van der Waals surface area contributed by atoms with Gasteiger partial charge in [0, 0.05) is 32.0 Å². The van der Waals surface area contributed by atoms with Gasteiger partial charge in [-0.15, -0.1) is 18.8 Å². The minimum Gasteiger partial charge on any atom is -0.654 e. The SMILES string of the molecule is CC(=O)CC(=O)Cc1ccc([N-]C(=O)CC(=O)[N-]CCOCCC[N-]C(C)=O)cc1.[Rb+].[Rb+].[Rb+]. The third-order valence-corrected chi connectivity index (χ3v) is 3.65. The minimum absolute atomic E-state index is 0. The monoisotopic (exact) mass is 671 g/mol. The average Bonchev–Trinajstić information content (AvgIpc) is 2.64. The van der Waals surface area contributed by atoms with Crippen LogP contribution in [0.4, 0.5) is 5.69 Å². The van der Waals surface area contributed by atoms with Crippen LogP contribution in [0, 0.1) is 0 Å². The maximum Gasteiger partial charge on any atom is 1.00 e. The van der Waals surface area contributed by atoms with Crippen LogP contribution in [0.2, 0.25) is 0 Å². The molecule has 12 heteroatoms. The number of carbonyl (C=O) groups is 5. The van der Waals surface area contributed by atoms with Gasteiger partial charge >= 0.3 is 175 Å². The fourth-order valence-corrected chi connectivity index (χ4v) is 2.37. The first-order valence-electron chi connectivity index (χ1n) is 9.57. The van der Waals surface area contributed by atoms with E-state index in [9.17, 15) is 24.0 Å². The van der Waals surface area contributed by atoms with Gasteiger partial charge in [-0.05, 0) is 25.8 Å². The first-order chi connectivity index (χ1) is 14.3. The predicted octanol–water partition coefficient (Wildman–Crippen LogP) is -6.06. The Morgan fingerprint density at radius 2 is 1.42 bits per heavy atom. The van der Waals surface area contributed by atoms with E-state index in [-0.39, 0.29) is 218 Å². The average molecular weight is 673 g/mol. The largest absolute Gasteiger partial charge is 1.00 e. The van der Waals surface area contributed by atoms with Gasteiger partial charge in [0.25, 0.3) is 0 Å². The van der Waals surface area contributed by atoms with E-state index in [0.717, 1.165) is 0 Å².